The molecule has 1 aromatic carbocycles. The number of nitrogens with zero attached hydrogens (tertiary/aromatic N) is 1. The normalized spacial score (nSPS) is 12.9. The maximum Gasteiger partial charge on any atom is 0.276 e. The molecular formula is C13H20N2O5S. The summed E-state index contributed by atoms with van der Waals surface area (Å²) in [7, 11) is -3.57. The van der Waals surface area contributed by atoms with Gasteiger partial charge < -0.3 is 4.74 Å². The first kappa shape index (κ1) is 17.4. The van der Waals surface area contributed by atoms with Crippen molar-refractivity contribution in [1.29, 1.82) is 0 Å². The molecule has 0 aromatic heterocycles. The number of rotatable bonds is 8. The first-order valence-corrected chi connectivity index (χ1v) is 8.33. The highest BCUT2D eigenvalue weighted by atomic mass is 32.2. The van der Waals surface area contributed by atoms with Crippen LogP contribution in [0.25, 0.3) is 0 Å². The van der Waals surface area contributed by atoms with Crippen molar-refractivity contribution in [1.82, 2.24) is 0 Å². The second kappa shape index (κ2) is 7.37. The molecule has 0 saturated carbocycles. The second-order valence-corrected chi connectivity index (χ2v) is 6.61. The van der Waals surface area contributed by atoms with Crippen LogP contribution < -0.4 is 9.88 Å². The van der Waals surface area contributed by atoms with Crippen molar-refractivity contribution in [2.75, 3.05) is 12.4 Å². The third-order valence-electron chi connectivity index (χ3n) is 3.09. The van der Waals surface area contributed by atoms with E-state index in [-0.39, 0.29) is 24.0 Å². The molecule has 0 bridgehead atoms. The van der Waals surface area contributed by atoms with Crippen LogP contribution in [0.1, 0.15) is 25.3 Å². The van der Waals surface area contributed by atoms with Gasteiger partial charge in [0.1, 0.15) is 5.75 Å². The van der Waals surface area contributed by atoms with Gasteiger partial charge in [-0.05, 0) is 19.4 Å². The molecule has 0 aliphatic carbocycles. The Bertz CT molecular complexity index is 601. The number of primary sulfonamides is 1. The number of hydrogen-bond acceptors (Lipinski definition) is 5. The summed E-state index contributed by atoms with van der Waals surface area (Å²) in [5, 5.41) is 15.9. The lowest BCUT2D eigenvalue weighted by Crippen LogP contribution is -2.27. The Kier molecular flexibility index (Phi) is 6.10. The molecule has 0 saturated heterocycles. The number of hydrogen-bond donors (Lipinski definition) is 1. The predicted molar refractivity (Wildman–Crippen MR) is 79.7 cm³/mol. The zero-order valence-electron chi connectivity index (χ0n) is 12.1. The van der Waals surface area contributed by atoms with Crippen molar-refractivity contribution in [2.24, 2.45) is 11.1 Å². The number of nitro groups is 1. The number of ether oxygens (including phenoxy) is 1. The van der Waals surface area contributed by atoms with Crippen LogP contribution in [0.5, 0.6) is 5.75 Å². The number of benzene rings is 1. The Hall–Kier alpha value is -1.67. The highest BCUT2D eigenvalue weighted by molar-refractivity contribution is 7.89. The second-order valence-electron chi connectivity index (χ2n) is 4.95. The lowest BCUT2D eigenvalue weighted by molar-refractivity contribution is -0.385. The summed E-state index contributed by atoms with van der Waals surface area (Å²) in [6.07, 6.45) is 1.46. The van der Waals surface area contributed by atoms with E-state index in [0.717, 1.165) is 6.42 Å². The van der Waals surface area contributed by atoms with E-state index in [1.165, 1.54) is 12.1 Å². The summed E-state index contributed by atoms with van der Waals surface area (Å²) < 4.78 is 27.9. The summed E-state index contributed by atoms with van der Waals surface area (Å²) in [5.74, 6) is -0.00201. The molecule has 0 spiro atoms. The van der Waals surface area contributed by atoms with Crippen LogP contribution in [0.4, 0.5) is 5.69 Å². The van der Waals surface area contributed by atoms with Gasteiger partial charge in [-0.3, -0.25) is 10.1 Å². The van der Waals surface area contributed by atoms with Crippen molar-refractivity contribution in [3.63, 3.8) is 0 Å². The van der Waals surface area contributed by atoms with Gasteiger partial charge in [-0.1, -0.05) is 19.4 Å². The van der Waals surface area contributed by atoms with E-state index < -0.39 is 14.9 Å². The first-order chi connectivity index (χ1) is 9.74. The van der Waals surface area contributed by atoms with E-state index in [4.69, 9.17) is 9.88 Å². The van der Waals surface area contributed by atoms with Gasteiger partial charge in [0.25, 0.3) is 5.69 Å². The molecule has 21 heavy (non-hydrogen) atoms. The van der Waals surface area contributed by atoms with E-state index in [1.54, 1.807) is 13.0 Å². The Morgan fingerprint density at radius 1 is 1.43 bits per heavy atom. The average Bonchev–Trinajstić information content (AvgIpc) is 2.35. The Balaban J connectivity index is 2.81. The zero-order chi connectivity index (χ0) is 16.0. The monoisotopic (exact) mass is 316 g/mol. The van der Waals surface area contributed by atoms with Crippen molar-refractivity contribution in [3.05, 3.63) is 33.9 Å². The number of nitrogens with two attached hydrogens (primary N) is 1. The maximum atomic E-state index is 11.2. The molecule has 0 radical (unpaired) electrons. The Labute approximate surface area is 124 Å². The average molecular weight is 316 g/mol. The van der Waals surface area contributed by atoms with Crippen LogP contribution >= 0.6 is 0 Å². The van der Waals surface area contributed by atoms with Crippen LogP contribution in [0.3, 0.4) is 0 Å². The van der Waals surface area contributed by atoms with Gasteiger partial charge >= 0.3 is 0 Å². The van der Waals surface area contributed by atoms with Crippen molar-refractivity contribution >= 4 is 15.7 Å². The summed E-state index contributed by atoms with van der Waals surface area (Å²) in [6.45, 7) is 3.70. The van der Waals surface area contributed by atoms with Gasteiger partial charge in [-0.2, -0.15) is 0 Å². The Morgan fingerprint density at radius 3 is 2.62 bits per heavy atom. The van der Waals surface area contributed by atoms with Gasteiger partial charge in [0.05, 0.1) is 22.8 Å². The quantitative estimate of drug-likeness (QED) is 0.582. The maximum absolute atomic E-state index is 11.2. The van der Waals surface area contributed by atoms with Crippen molar-refractivity contribution < 1.29 is 18.1 Å². The molecule has 1 aromatic rings. The van der Waals surface area contributed by atoms with Gasteiger partial charge in [-0.25, -0.2) is 13.6 Å². The number of nitro benzene ring substituents is 1. The molecule has 8 heteroatoms. The molecule has 0 heterocycles. The predicted octanol–water partition coefficient (Wildman–Crippen LogP) is 1.99. The van der Waals surface area contributed by atoms with Gasteiger partial charge in [0, 0.05) is 12.0 Å². The highest BCUT2D eigenvalue weighted by Gasteiger charge is 2.18. The van der Waals surface area contributed by atoms with Crippen LogP contribution in [-0.4, -0.2) is 25.7 Å². The molecule has 0 aliphatic rings. The van der Waals surface area contributed by atoms with E-state index >= 15 is 0 Å². The fourth-order valence-electron chi connectivity index (χ4n) is 2.12. The van der Waals surface area contributed by atoms with Crippen LogP contribution in [0, 0.1) is 23.0 Å². The molecule has 0 amide bonds. The molecule has 0 aliphatic heterocycles. The van der Waals surface area contributed by atoms with Crippen LogP contribution in [-0.2, 0) is 10.0 Å². The summed E-state index contributed by atoms with van der Waals surface area (Å²) >= 11 is 0. The highest BCUT2D eigenvalue weighted by Crippen LogP contribution is 2.27. The largest absolute Gasteiger partial charge is 0.493 e. The topological polar surface area (TPSA) is 113 Å². The molecule has 1 unspecified atom stereocenters. The lowest BCUT2D eigenvalue weighted by Gasteiger charge is -2.17. The van der Waals surface area contributed by atoms with Crippen molar-refractivity contribution in [2.45, 2.75) is 26.7 Å². The molecule has 1 rings (SSSR count). The lowest BCUT2D eigenvalue weighted by atomic mass is 10.1. The fourth-order valence-corrected chi connectivity index (χ4v) is 3.04. The van der Waals surface area contributed by atoms with E-state index in [2.05, 4.69) is 0 Å². The van der Waals surface area contributed by atoms with E-state index in [1.807, 2.05) is 6.92 Å². The zero-order valence-corrected chi connectivity index (χ0v) is 12.9. The van der Waals surface area contributed by atoms with E-state index in [9.17, 15) is 18.5 Å². The van der Waals surface area contributed by atoms with Gasteiger partial charge in [-0.15, -0.1) is 0 Å². The van der Waals surface area contributed by atoms with Crippen LogP contribution in [0.15, 0.2) is 18.2 Å². The molecule has 1 atom stereocenters. The minimum atomic E-state index is -3.57. The standard InChI is InChI=1S/C13H20N2O5S/c1-3-5-11(9-21(14,18)19)8-20-13-7-4-6-12(10(13)2)15(16)17/h4,6-7,11H,3,5,8-9H2,1-2H3,(H2,14,18,19). The summed E-state index contributed by atoms with van der Waals surface area (Å²) in [5.41, 5.74) is 0.402. The van der Waals surface area contributed by atoms with E-state index in [0.29, 0.717) is 17.7 Å². The molecule has 118 valence electrons. The molecule has 7 nitrogen and oxygen atoms in total. The molecular weight excluding hydrogens is 296 g/mol. The fraction of sp³-hybridized carbons (Fsp3) is 0.538. The SMILES string of the molecule is CCCC(COc1cccc([N+](=O)[O-])c1C)CS(N)(=O)=O. The van der Waals surface area contributed by atoms with Crippen molar-refractivity contribution in [3.8, 4) is 5.75 Å². The summed E-state index contributed by atoms with van der Waals surface area (Å²) in [6, 6.07) is 4.56. The van der Waals surface area contributed by atoms with Gasteiger partial charge in [0.2, 0.25) is 10.0 Å². The minimum Gasteiger partial charge on any atom is -0.493 e. The van der Waals surface area contributed by atoms with Crippen LogP contribution in [0.2, 0.25) is 0 Å². The summed E-state index contributed by atoms with van der Waals surface area (Å²) in [4.78, 5) is 10.4. The third kappa shape index (κ3) is 5.68. The molecule has 0 fully saturated rings. The smallest absolute Gasteiger partial charge is 0.276 e. The first-order valence-electron chi connectivity index (χ1n) is 6.62. The van der Waals surface area contributed by atoms with Gasteiger partial charge in [0.15, 0.2) is 0 Å². The molecule has 2 N–H and O–H groups in total. The minimum absolute atomic E-state index is 0.0222. The number of sulfonamides is 1. The third-order valence-corrected chi connectivity index (χ3v) is 4.03. The Morgan fingerprint density at radius 2 is 2.10 bits per heavy atom.